The maximum absolute atomic E-state index is 12.8. The van der Waals surface area contributed by atoms with E-state index < -0.39 is 0 Å². The zero-order valence-electron chi connectivity index (χ0n) is 14.8. The zero-order valence-corrected chi connectivity index (χ0v) is 14.8. The molecule has 2 aromatic rings. The first-order valence-electron chi connectivity index (χ1n) is 8.49. The van der Waals surface area contributed by atoms with Gasteiger partial charge in [-0.3, -0.25) is 9.59 Å². The van der Waals surface area contributed by atoms with Crippen LogP contribution in [0.4, 0.5) is 0 Å². The summed E-state index contributed by atoms with van der Waals surface area (Å²) in [6, 6.07) is 7.35. The molecule has 1 aliphatic heterocycles. The molecule has 1 aliphatic rings. The molecule has 0 bridgehead atoms. The molecule has 0 spiro atoms. The lowest BCUT2D eigenvalue weighted by Crippen LogP contribution is -2.34. The molecule has 6 heteroatoms. The molecule has 0 aliphatic carbocycles. The lowest BCUT2D eigenvalue weighted by atomic mass is 10.1. The predicted molar refractivity (Wildman–Crippen MR) is 94.7 cm³/mol. The summed E-state index contributed by atoms with van der Waals surface area (Å²) >= 11 is 0. The van der Waals surface area contributed by atoms with Gasteiger partial charge >= 0.3 is 0 Å². The van der Waals surface area contributed by atoms with Gasteiger partial charge in [-0.05, 0) is 44.4 Å². The van der Waals surface area contributed by atoms with Crippen LogP contribution in [0.3, 0.4) is 0 Å². The van der Waals surface area contributed by atoms with Gasteiger partial charge in [0.2, 0.25) is 5.91 Å². The minimum absolute atomic E-state index is 0.0496. The Kier molecular flexibility index (Phi) is 4.88. The topological polar surface area (TPSA) is 75.3 Å². The van der Waals surface area contributed by atoms with Gasteiger partial charge in [0, 0.05) is 17.8 Å². The minimum atomic E-state index is -0.155. The molecule has 132 valence electrons. The fraction of sp³-hybridized carbons (Fsp3) is 0.421. The van der Waals surface area contributed by atoms with Crippen LogP contribution in [-0.2, 0) is 11.2 Å². The number of nitrogens with one attached hydrogen (secondary N) is 1. The monoisotopic (exact) mass is 341 g/mol. The first-order chi connectivity index (χ1) is 12.0. The van der Waals surface area contributed by atoms with E-state index in [0.29, 0.717) is 30.0 Å². The second-order valence-electron chi connectivity index (χ2n) is 6.43. The van der Waals surface area contributed by atoms with Gasteiger partial charge in [0.1, 0.15) is 11.6 Å². The van der Waals surface area contributed by atoms with Crippen molar-refractivity contribution in [2.45, 2.75) is 39.2 Å². The van der Waals surface area contributed by atoms with Crippen molar-refractivity contribution >= 4 is 5.91 Å². The van der Waals surface area contributed by atoms with Crippen molar-refractivity contribution in [3.8, 4) is 5.75 Å². The number of likely N-dealkylation sites (tertiary alicyclic amines) is 1. The van der Waals surface area contributed by atoms with E-state index in [9.17, 15) is 9.59 Å². The highest BCUT2D eigenvalue weighted by atomic mass is 16.5. The summed E-state index contributed by atoms with van der Waals surface area (Å²) in [7, 11) is 1.62. The summed E-state index contributed by atoms with van der Waals surface area (Å²) in [5.41, 5.74) is 2.15. The smallest absolute Gasteiger partial charge is 0.254 e. The van der Waals surface area contributed by atoms with Crippen molar-refractivity contribution in [1.82, 2.24) is 14.9 Å². The molecule has 2 heterocycles. The van der Waals surface area contributed by atoms with Crippen LogP contribution in [0.5, 0.6) is 5.75 Å². The van der Waals surface area contributed by atoms with E-state index in [4.69, 9.17) is 4.74 Å². The number of nitrogens with zero attached hydrogens (tertiary/aromatic N) is 2. The van der Waals surface area contributed by atoms with E-state index in [1.54, 1.807) is 14.0 Å². The maximum Gasteiger partial charge on any atom is 0.254 e. The van der Waals surface area contributed by atoms with Crippen LogP contribution >= 0.6 is 0 Å². The fourth-order valence-electron chi connectivity index (χ4n) is 3.19. The summed E-state index contributed by atoms with van der Waals surface area (Å²) in [5.74, 6) is 1.41. The average molecular weight is 341 g/mol. The number of aromatic amines is 1. The largest absolute Gasteiger partial charge is 0.497 e. The molecule has 1 aromatic carbocycles. The van der Waals surface area contributed by atoms with Crippen LogP contribution < -0.4 is 10.3 Å². The van der Waals surface area contributed by atoms with E-state index in [1.807, 2.05) is 36.1 Å². The van der Waals surface area contributed by atoms with Crippen molar-refractivity contribution in [2.24, 2.45) is 0 Å². The number of H-pyrrole nitrogens is 1. The lowest BCUT2D eigenvalue weighted by molar-refractivity contribution is -0.131. The maximum atomic E-state index is 12.8. The number of carbonyl (C=O) groups is 1. The Balaban J connectivity index is 1.78. The summed E-state index contributed by atoms with van der Waals surface area (Å²) in [4.78, 5) is 34.0. The normalized spacial score (nSPS) is 16.9. The van der Waals surface area contributed by atoms with Gasteiger partial charge in [-0.25, -0.2) is 4.98 Å². The molecule has 1 atom stereocenters. The molecule has 1 amide bonds. The second kappa shape index (κ2) is 7.09. The highest BCUT2D eigenvalue weighted by Crippen LogP contribution is 2.30. The summed E-state index contributed by atoms with van der Waals surface area (Å²) in [6.45, 7) is 4.27. The van der Waals surface area contributed by atoms with E-state index >= 15 is 0 Å². The van der Waals surface area contributed by atoms with Gasteiger partial charge in [-0.15, -0.1) is 0 Å². The molecule has 25 heavy (non-hydrogen) atoms. The third kappa shape index (κ3) is 3.57. The molecule has 0 saturated carbocycles. The predicted octanol–water partition coefficient (Wildman–Crippen LogP) is 2.30. The van der Waals surface area contributed by atoms with Gasteiger partial charge in [0.25, 0.3) is 5.56 Å². The van der Waals surface area contributed by atoms with Gasteiger partial charge in [0.05, 0.1) is 19.6 Å². The van der Waals surface area contributed by atoms with E-state index in [0.717, 1.165) is 24.2 Å². The number of hydrogen-bond acceptors (Lipinski definition) is 4. The van der Waals surface area contributed by atoms with Crippen molar-refractivity contribution in [3.05, 3.63) is 57.3 Å². The Hall–Kier alpha value is -2.63. The molecular weight excluding hydrogens is 318 g/mol. The molecule has 3 rings (SSSR count). The summed E-state index contributed by atoms with van der Waals surface area (Å²) in [5, 5.41) is 0. The molecule has 1 unspecified atom stereocenters. The fourth-order valence-corrected chi connectivity index (χ4v) is 3.19. The first kappa shape index (κ1) is 17.2. The van der Waals surface area contributed by atoms with E-state index in [1.165, 1.54) is 0 Å². The van der Waals surface area contributed by atoms with Gasteiger partial charge in [-0.1, -0.05) is 12.1 Å². The molecular formula is C19H23N3O3. The van der Waals surface area contributed by atoms with E-state index in [2.05, 4.69) is 9.97 Å². The number of benzene rings is 1. The number of hydrogen-bond donors (Lipinski definition) is 1. The Morgan fingerprint density at radius 1 is 1.32 bits per heavy atom. The van der Waals surface area contributed by atoms with Crippen molar-refractivity contribution < 1.29 is 9.53 Å². The number of rotatable bonds is 4. The SMILES string of the molecule is COc1ccc(CC(=O)N2CCCC2c2nc(C)c(C)c(=O)[nH]2)cc1. The standard InChI is InChI=1S/C19H23N3O3/c1-12-13(2)20-18(21-19(12)24)16-5-4-10-22(16)17(23)11-14-6-8-15(25-3)9-7-14/h6-9,16H,4-5,10-11H2,1-3H3,(H,20,21,24). The van der Waals surface area contributed by atoms with Crippen LogP contribution in [-0.4, -0.2) is 34.4 Å². The molecule has 1 fully saturated rings. The number of aryl methyl sites for hydroxylation is 1. The minimum Gasteiger partial charge on any atom is -0.497 e. The zero-order chi connectivity index (χ0) is 18.0. The molecule has 1 saturated heterocycles. The van der Waals surface area contributed by atoms with Crippen LogP contribution in [0.15, 0.2) is 29.1 Å². The lowest BCUT2D eigenvalue weighted by Gasteiger charge is -2.24. The average Bonchev–Trinajstić information content (AvgIpc) is 3.10. The summed E-state index contributed by atoms with van der Waals surface area (Å²) in [6.07, 6.45) is 2.06. The highest BCUT2D eigenvalue weighted by Gasteiger charge is 2.31. The van der Waals surface area contributed by atoms with Crippen molar-refractivity contribution in [1.29, 1.82) is 0 Å². The van der Waals surface area contributed by atoms with Gasteiger partial charge in [0.15, 0.2) is 0 Å². The van der Waals surface area contributed by atoms with E-state index in [-0.39, 0.29) is 17.5 Å². The highest BCUT2D eigenvalue weighted by molar-refractivity contribution is 5.79. The Labute approximate surface area is 146 Å². The van der Waals surface area contributed by atoms with Gasteiger partial charge in [-0.2, -0.15) is 0 Å². The molecule has 1 N–H and O–H groups in total. The third-order valence-corrected chi connectivity index (χ3v) is 4.82. The molecule has 1 aromatic heterocycles. The number of methoxy groups -OCH3 is 1. The quantitative estimate of drug-likeness (QED) is 0.926. The number of aromatic nitrogens is 2. The van der Waals surface area contributed by atoms with Crippen LogP contribution in [0.25, 0.3) is 0 Å². The van der Waals surface area contributed by atoms with Crippen LogP contribution in [0.2, 0.25) is 0 Å². The first-order valence-corrected chi connectivity index (χ1v) is 8.49. The van der Waals surface area contributed by atoms with Crippen molar-refractivity contribution in [2.75, 3.05) is 13.7 Å². The molecule has 6 nitrogen and oxygen atoms in total. The number of carbonyl (C=O) groups excluding carboxylic acids is 1. The molecule has 0 radical (unpaired) electrons. The van der Waals surface area contributed by atoms with Crippen molar-refractivity contribution in [3.63, 3.8) is 0 Å². The van der Waals surface area contributed by atoms with Crippen LogP contribution in [0.1, 0.15) is 41.5 Å². The van der Waals surface area contributed by atoms with Gasteiger partial charge < -0.3 is 14.6 Å². The Morgan fingerprint density at radius 2 is 2.04 bits per heavy atom. The number of ether oxygens (including phenoxy) is 1. The Morgan fingerprint density at radius 3 is 2.68 bits per heavy atom. The summed E-state index contributed by atoms with van der Waals surface area (Å²) < 4.78 is 5.14. The number of amides is 1. The van der Waals surface area contributed by atoms with Crippen LogP contribution in [0, 0.1) is 13.8 Å². The Bertz CT molecular complexity index is 827. The third-order valence-electron chi connectivity index (χ3n) is 4.82. The second-order valence-corrected chi connectivity index (χ2v) is 6.43.